The normalized spacial score (nSPS) is 9.08. The maximum Gasteiger partial charge on any atom is 0 e. The molecule has 0 nitrogen and oxygen atoms in total. The fraction of sp³-hybridized carbons (Fsp3) is 0.444. The van der Waals surface area contributed by atoms with Gasteiger partial charge in [0.25, 0.3) is 0 Å². The van der Waals surface area contributed by atoms with E-state index in [1.165, 1.54) is 6.42 Å². The SMILES string of the molecule is F.F.F.[C-]1=CC=CC1.[CH2-]CCC.[Hf]. The van der Waals surface area contributed by atoms with Gasteiger partial charge in [0.2, 0.25) is 0 Å². The molecule has 0 heterocycles. The van der Waals surface area contributed by atoms with Crippen LogP contribution in [0, 0.1) is 13.0 Å². The molecule has 0 N–H and O–H groups in total. The molecule has 0 saturated heterocycles. The van der Waals surface area contributed by atoms with Crippen LogP contribution in [0.25, 0.3) is 0 Å². The molecule has 0 atom stereocenters. The first-order valence-corrected chi connectivity index (χ1v) is 3.42. The molecule has 0 spiro atoms. The summed E-state index contributed by atoms with van der Waals surface area (Å²) in [6, 6.07) is 0. The van der Waals surface area contributed by atoms with Crippen LogP contribution < -0.4 is 0 Å². The average Bonchev–Trinajstić information content (AvgIpc) is 2.43. The first-order valence-electron chi connectivity index (χ1n) is 3.42. The van der Waals surface area contributed by atoms with E-state index in [-0.39, 0.29) is 40.0 Å². The van der Waals surface area contributed by atoms with Gasteiger partial charge in [-0.25, -0.2) is 12.2 Å². The number of rotatable bonds is 1. The van der Waals surface area contributed by atoms with E-state index in [9.17, 15) is 0 Å². The van der Waals surface area contributed by atoms with Crippen LogP contribution in [0.15, 0.2) is 18.2 Å². The van der Waals surface area contributed by atoms with Crippen LogP contribution >= 0.6 is 0 Å². The summed E-state index contributed by atoms with van der Waals surface area (Å²) in [6.07, 6.45) is 12.3. The van der Waals surface area contributed by atoms with Crippen molar-refractivity contribution in [2.24, 2.45) is 0 Å². The van der Waals surface area contributed by atoms with Crippen molar-refractivity contribution in [1.82, 2.24) is 0 Å². The second-order valence-corrected chi connectivity index (χ2v) is 1.86. The summed E-state index contributed by atoms with van der Waals surface area (Å²) in [5.41, 5.74) is 0. The summed E-state index contributed by atoms with van der Waals surface area (Å²) in [5.74, 6) is 0. The monoisotopic (exact) mass is 362 g/mol. The van der Waals surface area contributed by atoms with Crippen LogP contribution in [0.1, 0.15) is 26.2 Å². The zero-order valence-electron chi connectivity index (χ0n) is 7.79. The van der Waals surface area contributed by atoms with Crippen molar-refractivity contribution in [3.8, 4) is 0 Å². The van der Waals surface area contributed by atoms with E-state index in [1.807, 2.05) is 12.2 Å². The number of hydrogen-bond donors (Lipinski definition) is 0. The molecule has 0 aliphatic heterocycles. The zero-order valence-corrected chi connectivity index (χ0v) is 11.4. The Morgan fingerprint density at radius 3 is 1.85 bits per heavy atom. The third-order valence-electron chi connectivity index (χ3n) is 0.939. The molecule has 0 fully saturated rings. The van der Waals surface area contributed by atoms with E-state index >= 15 is 0 Å². The van der Waals surface area contributed by atoms with Crippen molar-refractivity contribution in [3.63, 3.8) is 0 Å². The molecular formula is C9H17F3Hf-2. The fourth-order valence-electron chi connectivity index (χ4n) is 0.340. The van der Waals surface area contributed by atoms with Crippen LogP contribution in [0.5, 0.6) is 0 Å². The molecule has 0 unspecified atom stereocenters. The maximum atomic E-state index is 3.60. The number of allylic oxidation sites excluding steroid dienone is 4. The van der Waals surface area contributed by atoms with E-state index < -0.39 is 0 Å². The van der Waals surface area contributed by atoms with Gasteiger partial charge >= 0.3 is 0 Å². The molecule has 13 heavy (non-hydrogen) atoms. The third kappa shape index (κ3) is 33.1. The van der Waals surface area contributed by atoms with Gasteiger partial charge in [-0.05, 0) is 0 Å². The van der Waals surface area contributed by atoms with Gasteiger partial charge in [0.05, 0.1) is 0 Å². The van der Waals surface area contributed by atoms with E-state index in [0.29, 0.717) is 0 Å². The van der Waals surface area contributed by atoms with Crippen molar-refractivity contribution in [2.45, 2.75) is 26.2 Å². The molecule has 0 bridgehead atoms. The topological polar surface area (TPSA) is 0 Å². The van der Waals surface area contributed by atoms with Gasteiger partial charge in [-0.15, -0.1) is 6.42 Å². The van der Waals surface area contributed by atoms with Gasteiger partial charge < -0.3 is 6.92 Å². The Morgan fingerprint density at radius 2 is 1.77 bits per heavy atom. The van der Waals surface area contributed by atoms with Gasteiger partial charge in [0, 0.05) is 25.8 Å². The molecule has 0 radical (unpaired) electrons. The van der Waals surface area contributed by atoms with E-state index in [1.54, 1.807) is 0 Å². The predicted molar refractivity (Wildman–Crippen MR) is 49.3 cm³/mol. The summed E-state index contributed by atoms with van der Waals surface area (Å²) < 4.78 is 0. The minimum atomic E-state index is 0. The molecule has 0 amide bonds. The van der Waals surface area contributed by atoms with Crippen LogP contribution in [0.2, 0.25) is 0 Å². The Bertz CT molecular complexity index is 91.0. The molecule has 0 aromatic carbocycles. The molecular weight excluding hydrogens is 344 g/mol. The van der Waals surface area contributed by atoms with E-state index in [2.05, 4.69) is 26.0 Å². The standard InChI is InChI=1S/C5H5.C4H9.3FH.Hf/c1-2-4-5-3-1;1-3-4-2;;;;/h1-3H,4H2;1,3-4H2,2H3;3*1H;/q2*-1;;;;. The molecule has 1 aliphatic rings. The molecule has 0 aromatic rings. The van der Waals surface area contributed by atoms with Crippen LogP contribution in [-0.4, -0.2) is 0 Å². The molecule has 80 valence electrons. The summed E-state index contributed by atoms with van der Waals surface area (Å²) in [6.45, 7) is 5.72. The second-order valence-electron chi connectivity index (χ2n) is 1.86. The molecule has 1 rings (SSSR count). The van der Waals surface area contributed by atoms with E-state index in [0.717, 1.165) is 12.8 Å². The number of hydrogen-bond acceptors (Lipinski definition) is 0. The Hall–Kier alpha value is 0.140. The smallest absolute Gasteiger partial charge is 0 e. The molecule has 4 heteroatoms. The van der Waals surface area contributed by atoms with Crippen molar-refractivity contribution < 1.29 is 40.0 Å². The van der Waals surface area contributed by atoms with Crippen LogP contribution in [0.4, 0.5) is 14.1 Å². The van der Waals surface area contributed by atoms with Crippen LogP contribution in [0.3, 0.4) is 0 Å². The van der Waals surface area contributed by atoms with Crippen molar-refractivity contribution >= 4 is 0 Å². The molecule has 0 saturated carbocycles. The van der Waals surface area contributed by atoms with Crippen molar-refractivity contribution in [2.75, 3.05) is 0 Å². The summed E-state index contributed by atoms with van der Waals surface area (Å²) in [7, 11) is 0. The van der Waals surface area contributed by atoms with Gasteiger partial charge in [0.15, 0.2) is 0 Å². The molecule has 0 aromatic heterocycles. The second kappa shape index (κ2) is 29.6. The van der Waals surface area contributed by atoms with Crippen molar-refractivity contribution in [1.29, 1.82) is 0 Å². The zero-order chi connectivity index (χ0) is 6.95. The minimum Gasteiger partial charge on any atom is -0.343 e. The summed E-state index contributed by atoms with van der Waals surface area (Å²) in [5, 5.41) is 0. The fourth-order valence-corrected chi connectivity index (χ4v) is 0.340. The quantitative estimate of drug-likeness (QED) is 0.497. The maximum absolute atomic E-state index is 3.60. The summed E-state index contributed by atoms with van der Waals surface area (Å²) in [4.78, 5) is 0. The van der Waals surface area contributed by atoms with Gasteiger partial charge in [-0.3, -0.25) is 20.2 Å². The molecule has 1 aliphatic carbocycles. The van der Waals surface area contributed by atoms with Crippen molar-refractivity contribution in [3.05, 3.63) is 31.2 Å². The number of halogens is 3. The minimum absolute atomic E-state index is 0. The Morgan fingerprint density at radius 1 is 1.31 bits per heavy atom. The van der Waals surface area contributed by atoms with Gasteiger partial charge in [-0.1, -0.05) is 13.3 Å². The predicted octanol–water partition coefficient (Wildman–Crippen LogP) is 3.38. The van der Waals surface area contributed by atoms with Gasteiger partial charge in [-0.2, -0.15) is 12.5 Å². The Kier molecular flexibility index (Phi) is 66.4. The third-order valence-corrected chi connectivity index (χ3v) is 0.939. The van der Waals surface area contributed by atoms with Gasteiger partial charge in [0.1, 0.15) is 0 Å². The first-order chi connectivity index (χ1) is 4.41. The summed E-state index contributed by atoms with van der Waals surface area (Å²) >= 11 is 0. The average molecular weight is 361 g/mol. The Balaban J connectivity index is -0.0000000256. The Labute approximate surface area is 97.4 Å². The van der Waals surface area contributed by atoms with E-state index in [4.69, 9.17) is 0 Å². The largest absolute Gasteiger partial charge is 0.343 e. The first kappa shape index (κ1) is 29.2. The number of unbranched alkanes of at least 4 members (excludes halogenated alkanes) is 1. The van der Waals surface area contributed by atoms with Crippen LogP contribution in [-0.2, 0) is 25.8 Å².